The Kier molecular flexibility index (Phi) is 7.35. The summed E-state index contributed by atoms with van der Waals surface area (Å²) < 4.78 is 10.8. The Morgan fingerprint density at radius 1 is 1.14 bits per heavy atom. The zero-order valence-electron chi connectivity index (χ0n) is 16.2. The van der Waals surface area contributed by atoms with Gasteiger partial charge in [-0.1, -0.05) is 12.1 Å². The second-order valence-electron chi connectivity index (χ2n) is 6.78. The van der Waals surface area contributed by atoms with Crippen molar-refractivity contribution < 1.29 is 13.9 Å². The summed E-state index contributed by atoms with van der Waals surface area (Å²) in [5.41, 5.74) is 1.19. The van der Waals surface area contributed by atoms with Crippen LogP contribution in [0.1, 0.15) is 24.2 Å². The molecule has 0 bridgehead atoms. The molecule has 0 radical (unpaired) electrons. The number of aliphatic imine (C=N–C) groups is 1. The molecule has 1 saturated carbocycles. The first-order chi connectivity index (χ1) is 13.7. The molecule has 0 saturated heterocycles. The molecule has 1 fully saturated rings. The molecule has 0 spiro atoms. The fourth-order valence-electron chi connectivity index (χ4n) is 2.70. The first-order valence-electron chi connectivity index (χ1n) is 9.71. The molecule has 1 amide bonds. The fourth-order valence-corrected chi connectivity index (χ4v) is 2.70. The van der Waals surface area contributed by atoms with Crippen LogP contribution in [-0.2, 0) is 17.6 Å². The molecule has 1 aliphatic carbocycles. The lowest BCUT2D eigenvalue weighted by molar-refractivity contribution is -0.123. The zero-order chi connectivity index (χ0) is 19.6. The third-order valence-electron chi connectivity index (χ3n) is 4.41. The molecule has 1 aromatic carbocycles. The summed E-state index contributed by atoms with van der Waals surface area (Å²) in [4.78, 5) is 15.9. The molecule has 7 heteroatoms. The monoisotopic (exact) mass is 384 g/mol. The lowest BCUT2D eigenvalue weighted by Crippen LogP contribution is -2.39. The highest BCUT2D eigenvalue weighted by Gasteiger charge is 2.23. The summed E-state index contributed by atoms with van der Waals surface area (Å²) in [5, 5.41) is 9.48. The number of furan rings is 1. The number of amides is 1. The average Bonchev–Trinajstić information content (AvgIpc) is 3.37. The number of guanidine groups is 1. The highest BCUT2D eigenvalue weighted by Crippen LogP contribution is 2.18. The van der Waals surface area contributed by atoms with Gasteiger partial charge in [0, 0.05) is 32.6 Å². The van der Waals surface area contributed by atoms with Crippen LogP contribution >= 0.6 is 0 Å². The Labute approximate surface area is 165 Å². The molecule has 2 aromatic rings. The van der Waals surface area contributed by atoms with Gasteiger partial charge in [0.15, 0.2) is 12.6 Å². The zero-order valence-corrected chi connectivity index (χ0v) is 16.2. The molecule has 150 valence electrons. The van der Waals surface area contributed by atoms with Crippen molar-refractivity contribution in [3.05, 3.63) is 54.0 Å². The smallest absolute Gasteiger partial charge is 0.258 e. The standard InChI is InChI=1S/C21H28N4O3/c1-22-21(24-13-11-18-3-2-14-27-18)23-12-10-16-4-8-19(9-5-16)28-15-20(26)25-17-6-7-17/h2-5,8-9,14,17H,6-7,10-13,15H2,1H3,(H,25,26)(H2,22,23,24). The second-order valence-corrected chi connectivity index (χ2v) is 6.78. The van der Waals surface area contributed by atoms with Crippen LogP contribution in [0.15, 0.2) is 52.1 Å². The van der Waals surface area contributed by atoms with Crippen LogP contribution in [0.3, 0.4) is 0 Å². The van der Waals surface area contributed by atoms with Crippen molar-refractivity contribution in [1.82, 2.24) is 16.0 Å². The van der Waals surface area contributed by atoms with Crippen molar-refractivity contribution in [1.29, 1.82) is 0 Å². The molecule has 3 N–H and O–H groups in total. The maximum atomic E-state index is 11.6. The highest BCUT2D eigenvalue weighted by atomic mass is 16.5. The van der Waals surface area contributed by atoms with Gasteiger partial charge in [0.2, 0.25) is 0 Å². The molecule has 1 heterocycles. The Morgan fingerprint density at radius 3 is 2.54 bits per heavy atom. The van der Waals surface area contributed by atoms with Gasteiger partial charge in [0.25, 0.3) is 5.91 Å². The van der Waals surface area contributed by atoms with Crippen LogP contribution in [0.5, 0.6) is 5.75 Å². The van der Waals surface area contributed by atoms with Gasteiger partial charge in [-0.3, -0.25) is 9.79 Å². The van der Waals surface area contributed by atoms with Crippen molar-refractivity contribution in [2.75, 3.05) is 26.7 Å². The van der Waals surface area contributed by atoms with E-state index in [9.17, 15) is 4.79 Å². The van der Waals surface area contributed by atoms with E-state index in [0.717, 1.165) is 50.5 Å². The van der Waals surface area contributed by atoms with Gasteiger partial charge in [0.05, 0.1) is 6.26 Å². The van der Waals surface area contributed by atoms with Crippen LogP contribution in [0, 0.1) is 0 Å². The Balaban J connectivity index is 1.31. The number of benzene rings is 1. The van der Waals surface area contributed by atoms with Gasteiger partial charge in [-0.05, 0) is 49.1 Å². The lowest BCUT2D eigenvalue weighted by atomic mass is 10.1. The molecule has 28 heavy (non-hydrogen) atoms. The summed E-state index contributed by atoms with van der Waals surface area (Å²) in [7, 11) is 1.76. The lowest BCUT2D eigenvalue weighted by Gasteiger charge is -2.12. The molecule has 1 aromatic heterocycles. The summed E-state index contributed by atoms with van der Waals surface area (Å²) in [6, 6.07) is 12.0. The van der Waals surface area contributed by atoms with Crippen molar-refractivity contribution in [2.24, 2.45) is 4.99 Å². The number of ether oxygens (including phenoxy) is 1. The number of carbonyl (C=O) groups excluding carboxylic acids is 1. The number of hydrogen-bond donors (Lipinski definition) is 3. The number of rotatable bonds is 10. The minimum atomic E-state index is -0.0540. The number of nitrogens with one attached hydrogen (secondary N) is 3. The van der Waals surface area contributed by atoms with E-state index in [1.54, 1.807) is 13.3 Å². The maximum Gasteiger partial charge on any atom is 0.258 e. The third-order valence-corrected chi connectivity index (χ3v) is 4.41. The molecule has 3 rings (SSSR count). The molecular formula is C21H28N4O3. The van der Waals surface area contributed by atoms with Crippen molar-refractivity contribution in [3.63, 3.8) is 0 Å². The van der Waals surface area contributed by atoms with Crippen molar-refractivity contribution in [2.45, 2.75) is 31.7 Å². The van der Waals surface area contributed by atoms with E-state index >= 15 is 0 Å². The fraction of sp³-hybridized carbons (Fsp3) is 0.429. The van der Waals surface area contributed by atoms with E-state index < -0.39 is 0 Å². The quantitative estimate of drug-likeness (QED) is 0.430. The molecule has 0 atom stereocenters. The van der Waals surface area contributed by atoms with Crippen LogP contribution in [0.2, 0.25) is 0 Å². The molecular weight excluding hydrogens is 356 g/mol. The topological polar surface area (TPSA) is 87.9 Å². The minimum absolute atomic E-state index is 0.0540. The first-order valence-corrected chi connectivity index (χ1v) is 9.71. The van der Waals surface area contributed by atoms with E-state index in [1.807, 2.05) is 36.4 Å². The SMILES string of the molecule is CN=C(NCCc1ccc(OCC(=O)NC2CC2)cc1)NCCc1ccco1. The number of carbonyl (C=O) groups is 1. The largest absolute Gasteiger partial charge is 0.484 e. The van der Waals surface area contributed by atoms with Crippen LogP contribution in [-0.4, -0.2) is 44.7 Å². The van der Waals surface area contributed by atoms with Crippen molar-refractivity contribution >= 4 is 11.9 Å². The van der Waals surface area contributed by atoms with E-state index in [-0.39, 0.29) is 12.5 Å². The predicted octanol–water partition coefficient (Wildman–Crippen LogP) is 1.89. The summed E-state index contributed by atoms with van der Waals surface area (Å²) in [5.74, 6) is 2.38. The minimum Gasteiger partial charge on any atom is -0.484 e. The molecule has 0 aliphatic heterocycles. The first kappa shape index (κ1) is 19.8. The second kappa shape index (κ2) is 10.4. The van der Waals surface area contributed by atoms with E-state index in [0.29, 0.717) is 11.8 Å². The molecule has 0 unspecified atom stereocenters. The van der Waals surface area contributed by atoms with Gasteiger partial charge in [-0.15, -0.1) is 0 Å². The average molecular weight is 384 g/mol. The van der Waals surface area contributed by atoms with Gasteiger partial charge in [0.1, 0.15) is 11.5 Å². The van der Waals surface area contributed by atoms with Crippen LogP contribution in [0.4, 0.5) is 0 Å². The number of hydrogen-bond acceptors (Lipinski definition) is 4. The number of nitrogens with zero attached hydrogens (tertiary/aromatic N) is 1. The molecule has 1 aliphatic rings. The Bertz CT molecular complexity index is 752. The Morgan fingerprint density at radius 2 is 1.89 bits per heavy atom. The highest BCUT2D eigenvalue weighted by molar-refractivity contribution is 5.79. The normalized spacial score (nSPS) is 13.8. The summed E-state index contributed by atoms with van der Waals surface area (Å²) >= 11 is 0. The van der Waals surface area contributed by atoms with Gasteiger partial charge in [-0.2, -0.15) is 0 Å². The van der Waals surface area contributed by atoms with E-state index in [1.165, 1.54) is 5.56 Å². The Hall–Kier alpha value is -2.96. The molecule has 7 nitrogen and oxygen atoms in total. The van der Waals surface area contributed by atoms with Gasteiger partial charge in [-0.25, -0.2) is 0 Å². The van der Waals surface area contributed by atoms with Crippen LogP contribution in [0.25, 0.3) is 0 Å². The predicted molar refractivity (Wildman–Crippen MR) is 109 cm³/mol. The van der Waals surface area contributed by atoms with Crippen molar-refractivity contribution in [3.8, 4) is 5.75 Å². The van der Waals surface area contributed by atoms with Gasteiger partial charge < -0.3 is 25.1 Å². The summed E-state index contributed by atoms with van der Waals surface area (Å²) in [6.45, 7) is 1.59. The van der Waals surface area contributed by atoms with E-state index in [2.05, 4.69) is 20.9 Å². The third kappa shape index (κ3) is 6.98. The maximum absolute atomic E-state index is 11.6. The summed E-state index contributed by atoms with van der Waals surface area (Å²) in [6.07, 6.45) is 5.52. The van der Waals surface area contributed by atoms with Crippen LogP contribution < -0.4 is 20.7 Å². The van der Waals surface area contributed by atoms with Gasteiger partial charge >= 0.3 is 0 Å². The van der Waals surface area contributed by atoms with E-state index in [4.69, 9.17) is 9.15 Å².